The molecule has 0 radical (unpaired) electrons. The highest BCUT2D eigenvalue weighted by Gasteiger charge is 2.42. The molecule has 1 aliphatic carbocycles. The van der Waals surface area contributed by atoms with Gasteiger partial charge in [0.05, 0.1) is 0 Å². The van der Waals surface area contributed by atoms with Crippen LogP contribution < -0.4 is 20.1 Å². The van der Waals surface area contributed by atoms with Crippen LogP contribution in [0.3, 0.4) is 0 Å². The summed E-state index contributed by atoms with van der Waals surface area (Å²) < 4.78 is 10.8. The molecule has 1 aromatic carbocycles. The second-order valence-electron chi connectivity index (χ2n) is 5.55. The smallest absolute Gasteiger partial charge is 0.231 e. The Morgan fingerprint density at radius 2 is 1.94 bits per heavy atom. The van der Waals surface area contributed by atoms with E-state index in [0.717, 1.165) is 24.6 Å². The summed E-state index contributed by atoms with van der Waals surface area (Å²) in [6.45, 7) is 4.23. The summed E-state index contributed by atoms with van der Waals surface area (Å²) in [6, 6.07) is 4.13. The Hall–Kier alpha value is -1.42. The largest absolute Gasteiger partial charge is 0.454 e. The minimum atomic E-state index is 0.328. The molecule has 2 aliphatic rings. The minimum Gasteiger partial charge on any atom is -0.454 e. The molecule has 0 amide bonds. The molecule has 98 valence electrons. The first-order chi connectivity index (χ1) is 8.63. The second kappa shape index (κ2) is 4.05. The molecule has 0 spiro atoms. The molecule has 4 nitrogen and oxygen atoms in total. The van der Waals surface area contributed by atoms with E-state index in [1.54, 1.807) is 0 Å². The van der Waals surface area contributed by atoms with Gasteiger partial charge in [-0.1, -0.05) is 0 Å². The summed E-state index contributed by atoms with van der Waals surface area (Å²) in [4.78, 5) is 2.29. The van der Waals surface area contributed by atoms with E-state index in [-0.39, 0.29) is 0 Å². The number of anilines is 1. The van der Waals surface area contributed by atoms with Crippen LogP contribution in [0.2, 0.25) is 0 Å². The van der Waals surface area contributed by atoms with E-state index in [4.69, 9.17) is 15.2 Å². The third-order valence-electron chi connectivity index (χ3n) is 4.07. The molecule has 1 heterocycles. The van der Waals surface area contributed by atoms with E-state index in [0.29, 0.717) is 12.2 Å². The van der Waals surface area contributed by atoms with Crippen molar-refractivity contribution in [2.45, 2.75) is 19.8 Å². The van der Waals surface area contributed by atoms with Crippen LogP contribution >= 0.6 is 0 Å². The maximum Gasteiger partial charge on any atom is 0.231 e. The second-order valence-corrected chi connectivity index (χ2v) is 5.55. The Kier molecular flexibility index (Phi) is 2.63. The number of nitrogens with zero attached hydrogens (tertiary/aromatic N) is 1. The number of nitrogens with two attached hydrogens (primary N) is 1. The van der Waals surface area contributed by atoms with Gasteiger partial charge in [0.25, 0.3) is 0 Å². The predicted octanol–water partition coefficient (Wildman–Crippen LogP) is 1.90. The monoisotopic (exact) mass is 248 g/mol. The van der Waals surface area contributed by atoms with Gasteiger partial charge in [0.2, 0.25) is 6.79 Å². The SMILES string of the molecule is Cc1cc2c(cc1N(C)CC1(CN)CC1)OCO2. The Balaban J connectivity index is 1.83. The molecule has 0 bridgehead atoms. The normalized spacial score (nSPS) is 18.8. The van der Waals surface area contributed by atoms with Gasteiger partial charge in [-0.3, -0.25) is 0 Å². The Morgan fingerprint density at radius 3 is 2.56 bits per heavy atom. The number of ether oxygens (including phenoxy) is 2. The average Bonchev–Trinajstić information content (AvgIpc) is 2.98. The van der Waals surface area contributed by atoms with Crippen molar-refractivity contribution in [1.29, 1.82) is 0 Å². The molecule has 0 aromatic heterocycles. The highest BCUT2D eigenvalue weighted by Crippen LogP contribution is 2.46. The summed E-state index contributed by atoms with van der Waals surface area (Å²) in [6.07, 6.45) is 2.49. The van der Waals surface area contributed by atoms with Crippen molar-refractivity contribution in [3.63, 3.8) is 0 Å². The van der Waals surface area contributed by atoms with Crippen molar-refractivity contribution in [2.24, 2.45) is 11.1 Å². The van der Waals surface area contributed by atoms with Gasteiger partial charge in [0.15, 0.2) is 11.5 Å². The number of hydrogen-bond donors (Lipinski definition) is 1. The van der Waals surface area contributed by atoms with Crippen LogP contribution in [0.25, 0.3) is 0 Å². The van der Waals surface area contributed by atoms with Crippen molar-refractivity contribution >= 4 is 5.69 Å². The van der Waals surface area contributed by atoms with E-state index in [9.17, 15) is 0 Å². The zero-order valence-corrected chi connectivity index (χ0v) is 11.0. The van der Waals surface area contributed by atoms with E-state index < -0.39 is 0 Å². The fourth-order valence-electron chi connectivity index (χ4n) is 2.64. The van der Waals surface area contributed by atoms with E-state index in [2.05, 4.69) is 31.0 Å². The molecule has 1 aromatic rings. The third kappa shape index (κ3) is 1.90. The molecular weight excluding hydrogens is 228 g/mol. The summed E-state index contributed by atoms with van der Waals surface area (Å²) in [5.41, 5.74) is 8.62. The van der Waals surface area contributed by atoms with Crippen molar-refractivity contribution in [1.82, 2.24) is 0 Å². The van der Waals surface area contributed by atoms with Crippen molar-refractivity contribution in [2.75, 3.05) is 31.8 Å². The Bertz CT molecular complexity index is 469. The third-order valence-corrected chi connectivity index (χ3v) is 4.07. The maximum absolute atomic E-state index is 5.85. The van der Waals surface area contributed by atoms with Crippen LogP contribution in [0.4, 0.5) is 5.69 Å². The highest BCUT2D eigenvalue weighted by atomic mass is 16.7. The van der Waals surface area contributed by atoms with Crippen molar-refractivity contribution < 1.29 is 9.47 Å². The maximum atomic E-state index is 5.85. The molecule has 1 aliphatic heterocycles. The Morgan fingerprint density at radius 1 is 1.28 bits per heavy atom. The van der Waals surface area contributed by atoms with Gasteiger partial charge in [0.1, 0.15) is 0 Å². The van der Waals surface area contributed by atoms with E-state index >= 15 is 0 Å². The first-order valence-corrected chi connectivity index (χ1v) is 6.45. The van der Waals surface area contributed by atoms with Gasteiger partial charge in [-0.15, -0.1) is 0 Å². The molecule has 1 saturated carbocycles. The van der Waals surface area contributed by atoms with Gasteiger partial charge in [0, 0.05) is 30.8 Å². The molecule has 0 saturated heterocycles. The average molecular weight is 248 g/mol. The van der Waals surface area contributed by atoms with Crippen molar-refractivity contribution in [3.05, 3.63) is 17.7 Å². The van der Waals surface area contributed by atoms with Gasteiger partial charge < -0.3 is 20.1 Å². The number of aryl methyl sites for hydroxylation is 1. The van der Waals surface area contributed by atoms with Gasteiger partial charge in [-0.2, -0.15) is 0 Å². The molecule has 3 rings (SSSR count). The molecule has 1 fully saturated rings. The minimum absolute atomic E-state index is 0.328. The lowest BCUT2D eigenvalue weighted by molar-refractivity contribution is 0.174. The van der Waals surface area contributed by atoms with Crippen LogP contribution in [0, 0.1) is 12.3 Å². The number of fused-ring (bicyclic) bond motifs is 1. The number of benzene rings is 1. The summed E-state index contributed by atoms with van der Waals surface area (Å²) >= 11 is 0. The van der Waals surface area contributed by atoms with E-state index in [1.807, 2.05) is 0 Å². The molecule has 0 unspecified atom stereocenters. The Labute approximate surface area is 108 Å². The molecular formula is C14H20N2O2. The van der Waals surface area contributed by atoms with Crippen LogP contribution in [0.1, 0.15) is 18.4 Å². The van der Waals surface area contributed by atoms with Gasteiger partial charge >= 0.3 is 0 Å². The number of hydrogen-bond acceptors (Lipinski definition) is 4. The molecule has 0 atom stereocenters. The lowest BCUT2D eigenvalue weighted by Crippen LogP contribution is -2.31. The van der Waals surface area contributed by atoms with Gasteiger partial charge in [-0.05, 0) is 37.9 Å². The molecule has 4 heteroatoms. The van der Waals surface area contributed by atoms with Crippen LogP contribution in [-0.2, 0) is 0 Å². The van der Waals surface area contributed by atoms with Crippen LogP contribution in [0.15, 0.2) is 12.1 Å². The quantitative estimate of drug-likeness (QED) is 0.884. The summed E-state index contributed by atoms with van der Waals surface area (Å²) in [5, 5.41) is 0. The first kappa shape index (κ1) is 11.7. The zero-order chi connectivity index (χ0) is 12.8. The lowest BCUT2D eigenvalue weighted by atomic mass is 10.1. The summed E-state index contributed by atoms with van der Waals surface area (Å²) in [5.74, 6) is 1.70. The fraction of sp³-hybridized carbons (Fsp3) is 0.571. The molecule has 18 heavy (non-hydrogen) atoms. The van der Waals surface area contributed by atoms with Crippen LogP contribution in [-0.4, -0.2) is 26.9 Å². The first-order valence-electron chi connectivity index (χ1n) is 6.45. The lowest BCUT2D eigenvalue weighted by Gasteiger charge is -2.26. The topological polar surface area (TPSA) is 47.7 Å². The fourth-order valence-corrected chi connectivity index (χ4v) is 2.64. The number of rotatable bonds is 4. The van der Waals surface area contributed by atoms with E-state index in [1.165, 1.54) is 24.1 Å². The zero-order valence-electron chi connectivity index (χ0n) is 11.0. The molecule has 2 N–H and O–H groups in total. The predicted molar refractivity (Wildman–Crippen MR) is 71.3 cm³/mol. The highest BCUT2D eigenvalue weighted by molar-refractivity contribution is 5.62. The van der Waals surface area contributed by atoms with Crippen LogP contribution in [0.5, 0.6) is 11.5 Å². The van der Waals surface area contributed by atoms with Gasteiger partial charge in [-0.25, -0.2) is 0 Å². The standard InChI is InChI=1S/C14H20N2O2/c1-10-5-12-13(18-9-17-12)6-11(10)16(2)8-14(7-15)3-4-14/h5-6H,3-4,7-9,15H2,1-2H3. The van der Waals surface area contributed by atoms with Crippen molar-refractivity contribution in [3.8, 4) is 11.5 Å². The summed E-state index contributed by atoms with van der Waals surface area (Å²) in [7, 11) is 2.13.